The van der Waals surface area contributed by atoms with Crippen LogP contribution in [0.15, 0.2) is 12.2 Å². The van der Waals surface area contributed by atoms with Crippen molar-refractivity contribution in [3.05, 3.63) is 12.2 Å². The highest BCUT2D eigenvalue weighted by atomic mass is 31.2. The molecule has 64 heavy (non-hydrogen) atoms. The molecule has 2 atom stereocenters. The molecule has 0 heterocycles. The van der Waals surface area contributed by atoms with Crippen LogP contribution < -0.4 is 5.73 Å². The molecule has 9 heteroatoms. The van der Waals surface area contributed by atoms with E-state index >= 15 is 0 Å². The number of phosphoric ester groups is 1. The standard InChI is InChI=1S/C55H110NO7P/c1-3-5-7-9-11-13-15-17-19-21-23-25-26-27-28-29-30-32-34-36-38-40-42-44-46-48-55(57)63-54(53-62-64(58,59)61-51-49-56)52-60-50-47-45-43-41-39-37-35-33-31-24-22-20-18-16-14-12-10-8-6-4-2/h21,23,54H,3-20,22,24-53,56H2,1-2H3,(H,58,59)/b23-21-. The predicted octanol–water partition coefficient (Wildman–Crippen LogP) is 17.8. The van der Waals surface area contributed by atoms with Crippen LogP contribution in [0.1, 0.15) is 296 Å². The quantitative estimate of drug-likeness (QED) is 0.0268. The van der Waals surface area contributed by atoms with Crippen LogP contribution in [0.5, 0.6) is 0 Å². The van der Waals surface area contributed by atoms with Gasteiger partial charge >= 0.3 is 13.8 Å². The number of carbonyl (C=O) groups is 1. The Labute approximate surface area is 398 Å². The lowest BCUT2D eigenvalue weighted by Crippen LogP contribution is -2.28. The average Bonchev–Trinajstić information content (AvgIpc) is 3.29. The number of hydrogen-bond acceptors (Lipinski definition) is 7. The van der Waals surface area contributed by atoms with Gasteiger partial charge in [-0.05, 0) is 38.5 Å². The number of rotatable bonds is 55. The van der Waals surface area contributed by atoms with Gasteiger partial charge in [-0.25, -0.2) is 4.57 Å². The highest BCUT2D eigenvalue weighted by molar-refractivity contribution is 7.47. The molecule has 2 unspecified atom stereocenters. The summed E-state index contributed by atoms with van der Waals surface area (Å²) in [6, 6.07) is 0. The van der Waals surface area contributed by atoms with E-state index in [2.05, 4.69) is 26.0 Å². The van der Waals surface area contributed by atoms with Crippen LogP contribution in [0.2, 0.25) is 0 Å². The molecule has 0 rings (SSSR count). The summed E-state index contributed by atoms with van der Waals surface area (Å²) < 4.78 is 33.7. The molecule has 0 aromatic rings. The zero-order valence-electron chi connectivity index (χ0n) is 42.8. The molecule has 382 valence electrons. The maximum absolute atomic E-state index is 12.7. The third-order valence-corrected chi connectivity index (χ3v) is 13.7. The van der Waals surface area contributed by atoms with Crippen molar-refractivity contribution >= 4 is 13.8 Å². The van der Waals surface area contributed by atoms with Crippen LogP contribution in [0.4, 0.5) is 0 Å². The van der Waals surface area contributed by atoms with Crippen molar-refractivity contribution in [2.24, 2.45) is 5.73 Å². The van der Waals surface area contributed by atoms with E-state index in [1.807, 2.05) is 0 Å². The van der Waals surface area contributed by atoms with Crippen molar-refractivity contribution in [1.82, 2.24) is 0 Å². The van der Waals surface area contributed by atoms with E-state index in [1.165, 1.54) is 244 Å². The third-order valence-electron chi connectivity index (χ3n) is 12.7. The number of hydrogen-bond donors (Lipinski definition) is 2. The minimum Gasteiger partial charge on any atom is -0.457 e. The first-order valence-corrected chi connectivity index (χ1v) is 29.7. The normalized spacial score (nSPS) is 13.2. The summed E-state index contributed by atoms with van der Waals surface area (Å²) in [7, 11) is -4.28. The predicted molar refractivity (Wildman–Crippen MR) is 275 cm³/mol. The first-order chi connectivity index (χ1) is 31.4. The van der Waals surface area contributed by atoms with Gasteiger partial charge in [0.1, 0.15) is 6.10 Å². The molecular weight excluding hydrogens is 818 g/mol. The Morgan fingerprint density at radius 2 is 0.781 bits per heavy atom. The largest absolute Gasteiger partial charge is 0.472 e. The summed E-state index contributed by atoms with van der Waals surface area (Å²) in [5, 5.41) is 0. The van der Waals surface area contributed by atoms with Crippen molar-refractivity contribution in [3.63, 3.8) is 0 Å². The highest BCUT2D eigenvalue weighted by Gasteiger charge is 2.25. The Kier molecular flexibility index (Phi) is 52.6. The zero-order valence-corrected chi connectivity index (χ0v) is 43.7. The van der Waals surface area contributed by atoms with Crippen molar-refractivity contribution in [3.8, 4) is 0 Å². The SMILES string of the molecule is CCCCCCCCCC/C=C\CCCCCCCCCCCCCCCC(=O)OC(COCCCCCCCCCCCCCCCCCCCCCC)COP(=O)(O)OCCN. The topological polar surface area (TPSA) is 117 Å². The van der Waals surface area contributed by atoms with Crippen molar-refractivity contribution in [1.29, 1.82) is 0 Å². The van der Waals surface area contributed by atoms with E-state index in [-0.39, 0.29) is 32.3 Å². The van der Waals surface area contributed by atoms with E-state index in [4.69, 9.17) is 24.3 Å². The van der Waals surface area contributed by atoms with Crippen molar-refractivity contribution < 1.29 is 32.8 Å². The van der Waals surface area contributed by atoms with Gasteiger partial charge in [-0.3, -0.25) is 13.8 Å². The first kappa shape index (κ1) is 63.2. The number of phosphoric acid groups is 1. The van der Waals surface area contributed by atoms with E-state index < -0.39 is 13.9 Å². The Morgan fingerprint density at radius 3 is 1.14 bits per heavy atom. The maximum atomic E-state index is 12.7. The minimum absolute atomic E-state index is 0.0912. The van der Waals surface area contributed by atoms with Crippen LogP contribution in [0.25, 0.3) is 0 Å². The van der Waals surface area contributed by atoms with E-state index in [0.29, 0.717) is 13.0 Å². The first-order valence-electron chi connectivity index (χ1n) is 28.2. The summed E-state index contributed by atoms with van der Waals surface area (Å²) in [6.07, 6.45) is 61.2. The van der Waals surface area contributed by atoms with Crippen LogP contribution >= 0.6 is 7.82 Å². The molecule has 0 fully saturated rings. The van der Waals surface area contributed by atoms with Gasteiger partial charge in [-0.1, -0.05) is 264 Å². The molecule has 3 N–H and O–H groups in total. The zero-order chi connectivity index (χ0) is 46.5. The molecule has 0 aliphatic heterocycles. The van der Waals surface area contributed by atoms with Gasteiger partial charge in [0.15, 0.2) is 0 Å². The number of carbonyl (C=O) groups excluding carboxylic acids is 1. The van der Waals surface area contributed by atoms with Gasteiger partial charge < -0.3 is 20.1 Å². The second-order valence-electron chi connectivity index (χ2n) is 19.2. The van der Waals surface area contributed by atoms with Gasteiger partial charge in [0.25, 0.3) is 0 Å². The summed E-state index contributed by atoms with van der Waals surface area (Å²) in [5.74, 6) is -0.322. The Hall–Kier alpha value is -0.760. The molecule has 0 bridgehead atoms. The Morgan fingerprint density at radius 1 is 0.453 bits per heavy atom. The lowest BCUT2D eigenvalue weighted by molar-refractivity contribution is -0.154. The number of esters is 1. The second kappa shape index (κ2) is 53.2. The molecule has 0 saturated heterocycles. The fourth-order valence-electron chi connectivity index (χ4n) is 8.53. The smallest absolute Gasteiger partial charge is 0.457 e. The van der Waals surface area contributed by atoms with Gasteiger partial charge in [0, 0.05) is 19.6 Å². The Bertz CT molecular complexity index is 997. The molecule has 0 amide bonds. The van der Waals surface area contributed by atoms with E-state index in [1.54, 1.807) is 0 Å². The Balaban J connectivity index is 3.84. The van der Waals surface area contributed by atoms with Gasteiger partial charge in [0.05, 0.1) is 19.8 Å². The number of ether oxygens (including phenoxy) is 2. The average molecular weight is 928 g/mol. The van der Waals surface area contributed by atoms with Gasteiger partial charge in [0.2, 0.25) is 0 Å². The molecule has 0 aliphatic rings. The van der Waals surface area contributed by atoms with Crippen LogP contribution in [-0.4, -0.2) is 49.9 Å². The van der Waals surface area contributed by atoms with Crippen molar-refractivity contribution in [2.75, 3.05) is 33.0 Å². The summed E-state index contributed by atoms with van der Waals surface area (Å²) in [4.78, 5) is 22.6. The van der Waals surface area contributed by atoms with Crippen LogP contribution in [-0.2, 0) is 27.9 Å². The molecule has 0 spiro atoms. The number of unbranched alkanes of at least 4 members (excludes halogenated alkanes) is 40. The van der Waals surface area contributed by atoms with E-state index in [9.17, 15) is 14.3 Å². The second-order valence-corrected chi connectivity index (χ2v) is 20.6. The lowest BCUT2D eigenvalue weighted by Gasteiger charge is -2.20. The van der Waals surface area contributed by atoms with Gasteiger partial charge in [-0.2, -0.15) is 0 Å². The molecule has 8 nitrogen and oxygen atoms in total. The van der Waals surface area contributed by atoms with E-state index in [0.717, 1.165) is 32.1 Å². The summed E-state index contributed by atoms with van der Waals surface area (Å²) in [6.45, 7) is 5.01. The fourth-order valence-corrected chi connectivity index (χ4v) is 9.29. The van der Waals surface area contributed by atoms with Crippen LogP contribution in [0, 0.1) is 0 Å². The number of allylic oxidation sites excluding steroid dienone is 2. The minimum atomic E-state index is -4.28. The highest BCUT2D eigenvalue weighted by Crippen LogP contribution is 2.43. The van der Waals surface area contributed by atoms with Crippen molar-refractivity contribution in [2.45, 2.75) is 302 Å². The maximum Gasteiger partial charge on any atom is 0.472 e. The van der Waals surface area contributed by atoms with Crippen LogP contribution in [0.3, 0.4) is 0 Å². The molecule has 0 aliphatic carbocycles. The molecular formula is C55H110NO7P. The third kappa shape index (κ3) is 52.2. The summed E-state index contributed by atoms with van der Waals surface area (Å²) in [5.41, 5.74) is 5.40. The molecule has 0 radical (unpaired) electrons. The monoisotopic (exact) mass is 928 g/mol. The summed E-state index contributed by atoms with van der Waals surface area (Å²) >= 11 is 0. The van der Waals surface area contributed by atoms with Gasteiger partial charge in [-0.15, -0.1) is 0 Å². The molecule has 0 saturated carbocycles. The number of nitrogens with two attached hydrogens (primary N) is 1. The fraction of sp³-hybridized carbons (Fsp3) is 0.945. The molecule has 0 aromatic heterocycles. The molecule has 0 aromatic carbocycles. The lowest BCUT2D eigenvalue weighted by atomic mass is 10.0.